The summed E-state index contributed by atoms with van der Waals surface area (Å²) >= 11 is 0. The minimum atomic E-state index is -0.328. The van der Waals surface area contributed by atoms with Crippen LogP contribution in [0.2, 0.25) is 0 Å². The lowest BCUT2D eigenvalue weighted by molar-refractivity contribution is -0.154. The van der Waals surface area contributed by atoms with Gasteiger partial charge in [0.05, 0.1) is 0 Å². The third-order valence-electron chi connectivity index (χ3n) is 5.32. The molecule has 2 fully saturated rings. The highest BCUT2D eigenvalue weighted by atomic mass is 16.2. The maximum Gasteiger partial charge on any atom is 0.246 e. The van der Waals surface area contributed by atoms with Gasteiger partial charge in [0.15, 0.2) is 0 Å². The lowest BCUT2D eigenvalue weighted by atomic mass is 9.79. The van der Waals surface area contributed by atoms with Crippen LogP contribution in [-0.4, -0.2) is 35.3 Å². The molecule has 0 spiro atoms. The topological polar surface area (TPSA) is 49.4 Å². The highest BCUT2D eigenvalue weighted by Gasteiger charge is 2.48. The van der Waals surface area contributed by atoms with E-state index >= 15 is 0 Å². The first-order valence-corrected chi connectivity index (χ1v) is 8.26. The lowest BCUT2D eigenvalue weighted by Gasteiger charge is -2.45. The van der Waals surface area contributed by atoms with E-state index in [1.807, 2.05) is 18.7 Å². The summed E-state index contributed by atoms with van der Waals surface area (Å²) in [5.74, 6) is 1.12. The third-order valence-corrected chi connectivity index (χ3v) is 5.32. The molecule has 0 bridgehead atoms. The molecule has 1 saturated carbocycles. The fourth-order valence-corrected chi connectivity index (χ4v) is 2.97. The van der Waals surface area contributed by atoms with Crippen LogP contribution in [-0.2, 0) is 9.59 Å². The Kier molecular flexibility index (Phi) is 4.36. The second-order valence-electron chi connectivity index (χ2n) is 8.12. The van der Waals surface area contributed by atoms with E-state index in [0.717, 1.165) is 12.8 Å². The van der Waals surface area contributed by atoms with E-state index in [1.165, 1.54) is 0 Å². The smallest absolute Gasteiger partial charge is 0.246 e. The van der Waals surface area contributed by atoms with Crippen molar-refractivity contribution in [1.82, 2.24) is 10.2 Å². The second-order valence-corrected chi connectivity index (χ2v) is 8.12. The van der Waals surface area contributed by atoms with E-state index in [4.69, 9.17) is 0 Å². The molecular weight excluding hydrogens is 264 g/mol. The molecular formula is C17H30N2O2. The van der Waals surface area contributed by atoms with Crippen LogP contribution in [0.25, 0.3) is 0 Å². The first kappa shape index (κ1) is 16.3. The molecule has 0 radical (unpaired) electrons. The van der Waals surface area contributed by atoms with Gasteiger partial charge in [-0.1, -0.05) is 41.5 Å². The van der Waals surface area contributed by atoms with Crippen LogP contribution in [0.4, 0.5) is 0 Å². The molecule has 1 saturated heterocycles. The molecule has 2 amide bonds. The van der Waals surface area contributed by atoms with Crippen molar-refractivity contribution in [2.45, 2.75) is 66.5 Å². The Morgan fingerprint density at radius 3 is 2.19 bits per heavy atom. The molecule has 1 heterocycles. The van der Waals surface area contributed by atoms with Gasteiger partial charge in [0.1, 0.15) is 12.1 Å². The Hall–Kier alpha value is -1.06. The van der Waals surface area contributed by atoms with Gasteiger partial charge >= 0.3 is 0 Å². The number of piperazine rings is 1. The van der Waals surface area contributed by atoms with E-state index in [9.17, 15) is 9.59 Å². The van der Waals surface area contributed by atoms with Crippen LogP contribution in [0, 0.1) is 23.2 Å². The number of hydrogen-bond acceptors (Lipinski definition) is 2. The Labute approximate surface area is 128 Å². The van der Waals surface area contributed by atoms with Crippen LogP contribution in [0.3, 0.4) is 0 Å². The zero-order valence-corrected chi connectivity index (χ0v) is 14.3. The predicted octanol–water partition coefficient (Wildman–Crippen LogP) is 2.43. The summed E-state index contributed by atoms with van der Waals surface area (Å²) in [6.45, 7) is 13.4. The van der Waals surface area contributed by atoms with Crippen molar-refractivity contribution in [3.63, 3.8) is 0 Å². The molecule has 2 aliphatic rings. The summed E-state index contributed by atoms with van der Waals surface area (Å²) in [6.07, 6.45) is 2.12. The number of hydrogen-bond donors (Lipinski definition) is 1. The Morgan fingerprint density at radius 1 is 1.19 bits per heavy atom. The monoisotopic (exact) mass is 294 g/mol. The molecule has 0 aromatic heterocycles. The lowest BCUT2D eigenvalue weighted by Crippen LogP contribution is -2.66. The van der Waals surface area contributed by atoms with Gasteiger partial charge in [-0.05, 0) is 36.0 Å². The van der Waals surface area contributed by atoms with Crippen molar-refractivity contribution in [2.75, 3.05) is 6.54 Å². The molecule has 1 N–H and O–H groups in total. The maximum atomic E-state index is 12.9. The number of nitrogens with one attached hydrogen (secondary N) is 1. The number of amides is 2. The first-order valence-electron chi connectivity index (χ1n) is 8.26. The van der Waals surface area contributed by atoms with Crippen LogP contribution < -0.4 is 5.32 Å². The number of carbonyl (C=O) groups excluding carboxylic acids is 2. The van der Waals surface area contributed by atoms with Crippen LogP contribution >= 0.6 is 0 Å². The SMILES string of the molecule is CC(C)C1C(=O)NC(C2CC2)C(=O)N1CC(C)(C)C(C)C. The van der Waals surface area contributed by atoms with Gasteiger partial charge in [0.2, 0.25) is 11.8 Å². The Morgan fingerprint density at radius 2 is 1.76 bits per heavy atom. The van der Waals surface area contributed by atoms with Crippen molar-refractivity contribution in [2.24, 2.45) is 23.2 Å². The molecule has 2 unspecified atom stereocenters. The molecule has 2 rings (SSSR count). The van der Waals surface area contributed by atoms with Crippen molar-refractivity contribution in [1.29, 1.82) is 0 Å². The van der Waals surface area contributed by atoms with Crippen molar-refractivity contribution in [3.8, 4) is 0 Å². The average Bonchev–Trinajstić information content (AvgIpc) is 3.16. The minimum Gasteiger partial charge on any atom is -0.342 e. The number of nitrogens with zero attached hydrogens (tertiary/aromatic N) is 1. The molecule has 0 aromatic carbocycles. The molecule has 1 aliphatic carbocycles. The molecule has 4 heteroatoms. The number of carbonyl (C=O) groups is 2. The van der Waals surface area contributed by atoms with Gasteiger partial charge in [-0.25, -0.2) is 0 Å². The van der Waals surface area contributed by atoms with Crippen LogP contribution in [0.15, 0.2) is 0 Å². The zero-order chi connectivity index (χ0) is 15.9. The maximum absolute atomic E-state index is 12.9. The zero-order valence-electron chi connectivity index (χ0n) is 14.3. The van der Waals surface area contributed by atoms with E-state index < -0.39 is 0 Å². The third kappa shape index (κ3) is 3.24. The predicted molar refractivity (Wildman–Crippen MR) is 83.6 cm³/mol. The summed E-state index contributed by atoms with van der Waals surface area (Å²) in [7, 11) is 0. The van der Waals surface area contributed by atoms with Crippen LogP contribution in [0.5, 0.6) is 0 Å². The summed E-state index contributed by atoms with van der Waals surface area (Å²) < 4.78 is 0. The van der Waals surface area contributed by atoms with Crippen molar-refractivity contribution >= 4 is 11.8 Å². The molecule has 1 aliphatic heterocycles. The fourth-order valence-electron chi connectivity index (χ4n) is 2.97. The van der Waals surface area contributed by atoms with Gasteiger partial charge < -0.3 is 10.2 Å². The fraction of sp³-hybridized carbons (Fsp3) is 0.882. The van der Waals surface area contributed by atoms with Crippen LogP contribution in [0.1, 0.15) is 54.4 Å². The Bertz CT molecular complexity index is 425. The minimum absolute atomic E-state index is 0.00845. The summed E-state index contributed by atoms with van der Waals surface area (Å²) in [4.78, 5) is 27.2. The van der Waals surface area contributed by atoms with E-state index in [2.05, 4.69) is 33.0 Å². The largest absolute Gasteiger partial charge is 0.342 e. The quantitative estimate of drug-likeness (QED) is 0.846. The van der Waals surface area contributed by atoms with E-state index in [-0.39, 0.29) is 35.2 Å². The van der Waals surface area contributed by atoms with Crippen molar-refractivity contribution < 1.29 is 9.59 Å². The summed E-state index contributed by atoms with van der Waals surface area (Å²) in [5.41, 5.74) is 0.00845. The summed E-state index contributed by atoms with van der Waals surface area (Å²) in [6, 6.07) is -0.610. The van der Waals surface area contributed by atoms with E-state index in [1.54, 1.807) is 0 Å². The molecule has 0 aromatic rings. The van der Waals surface area contributed by atoms with E-state index in [0.29, 0.717) is 18.4 Å². The molecule has 21 heavy (non-hydrogen) atoms. The standard InChI is InChI=1S/C17H30N2O2/c1-10(2)14-15(20)18-13(12-7-8-12)16(21)19(14)9-17(5,6)11(3)4/h10-14H,7-9H2,1-6H3,(H,18,20). The molecule has 2 atom stereocenters. The average molecular weight is 294 g/mol. The van der Waals surface area contributed by atoms with Gasteiger partial charge in [0, 0.05) is 6.54 Å². The van der Waals surface area contributed by atoms with Crippen molar-refractivity contribution in [3.05, 3.63) is 0 Å². The Balaban J connectivity index is 2.25. The van der Waals surface area contributed by atoms with Gasteiger partial charge in [-0.2, -0.15) is 0 Å². The van der Waals surface area contributed by atoms with Gasteiger partial charge in [0.25, 0.3) is 0 Å². The van der Waals surface area contributed by atoms with Gasteiger partial charge in [-0.3, -0.25) is 9.59 Å². The molecule has 120 valence electrons. The highest BCUT2D eigenvalue weighted by molar-refractivity contribution is 5.97. The number of rotatable bonds is 5. The second kappa shape index (κ2) is 5.62. The summed E-state index contributed by atoms with van der Waals surface area (Å²) in [5, 5.41) is 2.97. The normalized spacial score (nSPS) is 27.5. The van der Waals surface area contributed by atoms with Gasteiger partial charge in [-0.15, -0.1) is 0 Å². The first-order chi connectivity index (χ1) is 9.65. The highest BCUT2D eigenvalue weighted by Crippen LogP contribution is 2.37. The molecule has 4 nitrogen and oxygen atoms in total.